The van der Waals surface area contributed by atoms with Crippen LogP contribution in [-0.4, -0.2) is 22.3 Å². The van der Waals surface area contributed by atoms with Crippen molar-refractivity contribution >= 4 is 34.7 Å². The van der Waals surface area contributed by atoms with Gasteiger partial charge in [-0.1, -0.05) is 35.5 Å². The van der Waals surface area contributed by atoms with E-state index in [2.05, 4.69) is 10.2 Å². The lowest BCUT2D eigenvalue weighted by molar-refractivity contribution is 0.415. The van der Waals surface area contributed by atoms with Crippen molar-refractivity contribution in [3.05, 3.63) is 76.9 Å². The van der Waals surface area contributed by atoms with E-state index in [9.17, 15) is 0 Å². The van der Waals surface area contributed by atoms with Gasteiger partial charge >= 0.3 is 0 Å². The van der Waals surface area contributed by atoms with E-state index in [4.69, 9.17) is 21.3 Å². The molecule has 0 aliphatic heterocycles. The Hall–Kier alpha value is -2.41. The summed E-state index contributed by atoms with van der Waals surface area (Å²) in [6.45, 7) is 2.00. The van der Waals surface area contributed by atoms with Gasteiger partial charge in [-0.3, -0.25) is 0 Å². The van der Waals surface area contributed by atoms with Crippen LogP contribution in [0.5, 0.6) is 5.75 Å². The molecule has 0 aliphatic carbocycles. The van der Waals surface area contributed by atoms with Crippen LogP contribution in [0.3, 0.4) is 0 Å². The number of ether oxygens (including phenoxy) is 1. The Labute approximate surface area is 183 Å². The Balaban J connectivity index is 1.48. The molecular weight excluding hydrogens is 422 g/mol. The second-order valence-corrected chi connectivity index (χ2v) is 8.77. The number of hydrogen-bond donors (Lipinski definition) is 0. The number of rotatable bonds is 6. The quantitative estimate of drug-likeness (QED) is 0.319. The Morgan fingerprint density at radius 1 is 0.966 bits per heavy atom. The third kappa shape index (κ3) is 4.78. The number of hydrogen-bond acceptors (Lipinski definition) is 6. The molecule has 0 saturated heterocycles. The summed E-state index contributed by atoms with van der Waals surface area (Å²) in [6.07, 6.45) is 0. The highest BCUT2D eigenvalue weighted by Crippen LogP contribution is 2.35. The fourth-order valence-electron chi connectivity index (χ4n) is 2.75. The van der Waals surface area contributed by atoms with E-state index in [1.165, 1.54) is 5.56 Å². The number of benzene rings is 2. The molecule has 4 nitrogen and oxygen atoms in total. The van der Waals surface area contributed by atoms with Gasteiger partial charge in [-0.25, -0.2) is 4.98 Å². The van der Waals surface area contributed by atoms with Gasteiger partial charge in [0.25, 0.3) is 0 Å². The molecule has 7 heteroatoms. The van der Waals surface area contributed by atoms with Gasteiger partial charge in [-0.15, -0.1) is 21.5 Å². The molecular formula is C22H18ClN3OS2. The molecule has 2 aromatic heterocycles. The van der Waals surface area contributed by atoms with Crippen molar-refractivity contribution in [1.29, 1.82) is 0 Å². The van der Waals surface area contributed by atoms with Gasteiger partial charge in [0.1, 0.15) is 21.5 Å². The standard InChI is InChI=1S/C22H18ClN3OS2/c1-14-21(29-22(24-14)16-5-9-18(27-2)10-6-16)19-11-12-20(26-25-19)28-13-15-3-7-17(23)8-4-15/h3-12H,13H2,1-2H3. The van der Waals surface area contributed by atoms with E-state index in [0.717, 1.165) is 48.4 Å². The fraction of sp³-hybridized carbons (Fsp3) is 0.136. The minimum atomic E-state index is 0.747. The highest BCUT2D eigenvalue weighted by Gasteiger charge is 2.13. The molecule has 29 heavy (non-hydrogen) atoms. The summed E-state index contributed by atoms with van der Waals surface area (Å²) in [5.41, 5.74) is 4.06. The SMILES string of the molecule is COc1ccc(-c2nc(C)c(-c3ccc(SCc4ccc(Cl)cc4)nn3)s2)cc1. The number of nitrogens with zero attached hydrogens (tertiary/aromatic N) is 3. The number of methoxy groups -OCH3 is 1. The van der Waals surface area contributed by atoms with Crippen molar-refractivity contribution in [2.45, 2.75) is 17.7 Å². The maximum Gasteiger partial charge on any atom is 0.124 e. The van der Waals surface area contributed by atoms with Crippen LogP contribution >= 0.6 is 34.7 Å². The number of halogens is 1. The zero-order valence-electron chi connectivity index (χ0n) is 15.9. The van der Waals surface area contributed by atoms with Crippen LogP contribution in [-0.2, 0) is 5.75 Å². The molecule has 0 saturated carbocycles. The van der Waals surface area contributed by atoms with E-state index in [1.54, 1.807) is 30.2 Å². The zero-order valence-corrected chi connectivity index (χ0v) is 18.3. The Kier molecular flexibility index (Phi) is 6.13. The molecule has 0 radical (unpaired) electrons. The normalized spacial score (nSPS) is 10.9. The Bertz CT molecular complexity index is 1090. The first-order chi connectivity index (χ1) is 14.1. The van der Waals surface area contributed by atoms with Crippen LogP contribution in [0.25, 0.3) is 21.1 Å². The topological polar surface area (TPSA) is 47.9 Å². The minimum absolute atomic E-state index is 0.747. The summed E-state index contributed by atoms with van der Waals surface area (Å²) in [4.78, 5) is 5.75. The first-order valence-electron chi connectivity index (χ1n) is 8.95. The van der Waals surface area contributed by atoms with Crippen molar-refractivity contribution in [1.82, 2.24) is 15.2 Å². The number of aromatic nitrogens is 3. The van der Waals surface area contributed by atoms with Gasteiger partial charge in [-0.05, 0) is 61.0 Å². The van der Waals surface area contributed by atoms with Gasteiger partial charge in [0.05, 0.1) is 17.7 Å². The molecule has 4 rings (SSSR count). The summed E-state index contributed by atoms with van der Waals surface area (Å²) in [5.74, 6) is 1.66. The van der Waals surface area contributed by atoms with Crippen LogP contribution in [0.2, 0.25) is 5.02 Å². The third-order valence-corrected chi connectivity index (χ3v) is 6.78. The predicted molar refractivity (Wildman–Crippen MR) is 121 cm³/mol. The van der Waals surface area contributed by atoms with Crippen LogP contribution in [0.15, 0.2) is 65.7 Å². The van der Waals surface area contributed by atoms with E-state index < -0.39 is 0 Å². The van der Waals surface area contributed by atoms with Crippen LogP contribution in [0.1, 0.15) is 11.3 Å². The molecule has 0 N–H and O–H groups in total. The van der Waals surface area contributed by atoms with Gasteiger partial charge in [-0.2, -0.15) is 0 Å². The smallest absolute Gasteiger partial charge is 0.124 e. The molecule has 146 valence electrons. The molecule has 2 heterocycles. The average molecular weight is 440 g/mol. The molecule has 0 atom stereocenters. The van der Waals surface area contributed by atoms with Gasteiger partial charge in [0.2, 0.25) is 0 Å². The maximum absolute atomic E-state index is 5.93. The highest BCUT2D eigenvalue weighted by molar-refractivity contribution is 7.98. The second-order valence-electron chi connectivity index (χ2n) is 6.33. The second kappa shape index (κ2) is 8.95. The van der Waals surface area contributed by atoms with Crippen LogP contribution in [0, 0.1) is 6.92 Å². The highest BCUT2D eigenvalue weighted by atomic mass is 35.5. The Morgan fingerprint density at radius 2 is 1.72 bits per heavy atom. The lowest BCUT2D eigenvalue weighted by atomic mass is 10.2. The molecule has 0 bridgehead atoms. The summed E-state index contributed by atoms with van der Waals surface area (Å²) in [5, 5.41) is 11.4. The van der Waals surface area contributed by atoms with E-state index >= 15 is 0 Å². The van der Waals surface area contributed by atoms with Crippen molar-refractivity contribution in [3.63, 3.8) is 0 Å². The molecule has 2 aromatic carbocycles. The van der Waals surface area contributed by atoms with Gasteiger partial charge in [0, 0.05) is 16.3 Å². The van der Waals surface area contributed by atoms with Crippen molar-refractivity contribution in [2.24, 2.45) is 0 Å². The molecule has 0 amide bonds. The van der Waals surface area contributed by atoms with Crippen molar-refractivity contribution < 1.29 is 4.74 Å². The fourth-order valence-corrected chi connectivity index (χ4v) is 4.68. The van der Waals surface area contributed by atoms with Crippen molar-refractivity contribution in [2.75, 3.05) is 7.11 Å². The van der Waals surface area contributed by atoms with E-state index in [1.807, 2.05) is 67.6 Å². The van der Waals surface area contributed by atoms with Crippen molar-refractivity contribution in [3.8, 4) is 26.9 Å². The average Bonchev–Trinajstić information content (AvgIpc) is 3.15. The zero-order chi connectivity index (χ0) is 20.2. The van der Waals surface area contributed by atoms with Gasteiger partial charge in [0.15, 0.2) is 0 Å². The van der Waals surface area contributed by atoms with Gasteiger partial charge < -0.3 is 4.74 Å². The first kappa shape index (κ1) is 19.9. The summed E-state index contributed by atoms with van der Waals surface area (Å²) in [7, 11) is 1.66. The van der Waals surface area contributed by atoms with Crippen LogP contribution in [0.4, 0.5) is 0 Å². The summed E-state index contributed by atoms with van der Waals surface area (Å²) in [6, 6.07) is 19.8. The Morgan fingerprint density at radius 3 is 2.38 bits per heavy atom. The predicted octanol–water partition coefficient (Wildman–Crippen LogP) is 6.53. The summed E-state index contributed by atoms with van der Waals surface area (Å²) < 4.78 is 5.22. The minimum Gasteiger partial charge on any atom is -0.497 e. The molecule has 0 aliphatic rings. The molecule has 0 spiro atoms. The van der Waals surface area contributed by atoms with Crippen LogP contribution < -0.4 is 4.74 Å². The molecule has 4 aromatic rings. The monoisotopic (exact) mass is 439 g/mol. The lowest BCUT2D eigenvalue weighted by Crippen LogP contribution is -1.90. The molecule has 0 unspecified atom stereocenters. The first-order valence-corrected chi connectivity index (χ1v) is 11.1. The maximum atomic E-state index is 5.93. The number of thiazole rings is 1. The number of aryl methyl sites for hydroxylation is 1. The largest absolute Gasteiger partial charge is 0.497 e. The van der Waals surface area contributed by atoms with E-state index in [-0.39, 0.29) is 0 Å². The lowest BCUT2D eigenvalue weighted by Gasteiger charge is -2.02. The molecule has 0 fully saturated rings. The third-order valence-electron chi connectivity index (χ3n) is 4.31. The summed E-state index contributed by atoms with van der Waals surface area (Å²) >= 11 is 9.21. The number of thioether (sulfide) groups is 1. The van der Waals surface area contributed by atoms with E-state index in [0.29, 0.717) is 0 Å².